The molecular weight excluding hydrogens is 364 g/mol. The molecule has 2 aliphatic heterocycles. The average molecular weight is 393 g/mol. The molecule has 6 heteroatoms. The van der Waals surface area contributed by atoms with Gasteiger partial charge in [-0.25, -0.2) is 0 Å². The topological polar surface area (TPSA) is 64.7 Å². The summed E-state index contributed by atoms with van der Waals surface area (Å²) in [5.41, 5.74) is 2.91. The quantitative estimate of drug-likeness (QED) is 0.820. The van der Waals surface area contributed by atoms with Crippen LogP contribution in [0, 0.1) is 0 Å². The number of hydrogen-bond donors (Lipinski definition) is 2. The first kappa shape index (κ1) is 19.5. The lowest BCUT2D eigenvalue weighted by Crippen LogP contribution is -2.52. The number of carbonyl (C=O) groups excluding carboxylic acids is 2. The van der Waals surface area contributed by atoms with E-state index in [2.05, 4.69) is 51.6 Å². The molecule has 2 atom stereocenters. The Kier molecular flexibility index (Phi) is 5.81. The zero-order valence-electron chi connectivity index (χ0n) is 16.8. The highest BCUT2D eigenvalue weighted by Crippen LogP contribution is 2.32. The number of carbonyl (C=O) groups is 2. The van der Waals surface area contributed by atoms with E-state index < -0.39 is 5.92 Å². The molecule has 4 rings (SSSR count). The third-order valence-corrected chi connectivity index (χ3v) is 5.95. The van der Waals surface area contributed by atoms with Crippen molar-refractivity contribution in [3.63, 3.8) is 0 Å². The van der Waals surface area contributed by atoms with Crippen molar-refractivity contribution in [1.29, 1.82) is 0 Å². The van der Waals surface area contributed by atoms with Gasteiger partial charge in [-0.2, -0.15) is 0 Å². The zero-order valence-corrected chi connectivity index (χ0v) is 16.8. The maximum absolute atomic E-state index is 12.8. The number of para-hydroxylation sites is 2. The fourth-order valence-electron chi connectivity index (χ4n) is 4.21. The molecule has 0 saturated carbocycles. The van der Waals surface area contributed by atoms with Gasteiger partial charge >= 0.3 is 0 Å². The van der Waals surface area contributed by atoms with Crippen LogP contribution in [0.15, 0.2) is 54.6 Å². The van der Waals surface area contributed by atoms with Gasteiger partial charge in [-0.1, -0.05) is 36.4 Å². The summed E-state index contributed by atoms with van der Waals surface area (Å²) in [6, 6.07) is 18.3. The highest BCUT2D eigenvalue weighted by molar-refractivity contribution is 6.01. The predicted octanol–water partition coefficient (Wildman–Crippen LogP) is 2.44. The fraction of sp³-hybridized carbons (Fsp3) is 0.391. The second-order valence-electron chi connectivity index (χ2n) is 7.84. The van der Waals surface area contributed by atoms with Crippen LogP contribution >= 0.6 is 0 Å². The molecule has 2 heterocycles. The molecule has 152 valence electrons. The van der Waals surface area contributed by atoms with E-state index >= 15 is 0 Å². The Hall–Kier alpha value is -2.86. The molecule has 6 nitrogen and oxygen atoms in total. The van der Waals surface area contributed by atoms with Crippen LogP contribution in [0.5, 0.6) is 0 Å². The lowest BCUT2D eigenvalue weighted by atomic mass is 9.90. The van der Waals surface area contributed by atoms with Crippen molar-refractivity contribution in [3.05, 3.63) is 60.2 Å². The van der Waals surface area contributed by atoms with Gasteiger partial charge in [-0.15, -0.1) is 0 Å². The standard InChI is InChI=1S/C23H28N4O2/c1-17(26-11-13-27(14-12-26)18-7-3-2-4-8-18)16-24-23(29)20-15-22(28)25-21-10-6-5-9-19(20)21/h2-10,17,20H,11-16H2,1H3,(H,24,29)(H,25,28)/t17-,20+/m1/s1. The first-order chi connectivity index (χ1) is 14.1. The van der Waals surface area contributed by atoms with Gasteiger partial charge in [-0.3, -0.25) is 14.5 Å². The van der Waals surface area contributed by atoms with E-state index in [1.54, 1.807) is 0 Å². The third kappa shape index (κ3) is 4.43. The van der Waals surface area contributed by atoms with Crippen molar-refractivity contribution >= 4 is 23.2 Å². The molecule has 0 radical (unpaired) electrons. The van der Waals surface area contributed by atoms with Crippen molar-refractivity contribution in [2.24, 2.45) is 0 Å². The number of piperazine rings is 1. The highest BCUT2D eigenvalue weighted by Gasteiger charge is 2.31. The SMILES string of the molecule is C[C@H](CNC(=O)[C@H]1CC(=O)Nc2ccccc21)N1CCN(c2ccccc2)CC1. The second kappa shape index (κ2) is 8.66. The van der Waals surface area contributed by atoms with Crippen molar-refractivity contribution < 1.29 is 9.59 Å². The predicted molar refractivity (Wildman–Crippen MR) is 115 cm³/mol. The summed E-state index contributed by atoms with van der Waals surface area (Å²) in [4.78, 5) is 29.6. The number of benzene rings is 2. The smallest absolute Gasteiger partial charge is 0.228 e. The van der Waals surface area contributed by atoms with E-state index in [1.165, 1.54) is 5.69 Å². The van der Waals surface area contributed by atoms with Crippen molar-refractivity contribution in [2.45, 2.75) is 25.3 Å². The van der Waals surface area contributed by atoms with Gasteiger partial charge in [0.05, 0.1) is 5.92 Å². The molecule has 2 aliphatic rings. The summed E-state index contributed by atoms with van der Waals surface area (Å²) >= 11 is 0. The van der Waals surface area contributed by atoms with E-state index in [-0.39, 0.29) is 24.3 Å². The average Bonchev–Trinajstić information content (AvgIpc) is 2.77. The van der Waals surface area contributed by atoms with Crippen molar-refractivity contribution in [2.75, 3.05) is 42.9 Å². The second-order valence-corrected chi connectivity index (χ2v) is 7.84. The van der Waals surface area contributed by atoms with Crippen LogP contribution in [0.2, 0.25) is 0 Å². The number of nitrogens with zero attached hydrogens (tertiary/aromatic N) is 2. The molecule has 0 aliphatic carbocycles. The fourth-order valence-corrected chi connectivity index (χ4v) is 4.21. The van der Waals surface area contributed by atoms with Crippen LogP contribution in [0.4, 0.5) is 11.4 Å². The number of nitrogens with one attached hydrogen (secondary N) is 2. The molecule has 2 aromatic rings. The zero-order chi connectivity index (χ0) is 20.2. The van der Waals surface area contributed by atoms with Gasteiger partial charge in [0.2, 0.25) is 11.8 Å². The summed E-state index contributed by atoms with van der Waals surface area (Å²) in [5, 5.41) is 5.93. The minimum atomic E-state index is -0.415. The maximum atomic E-state index is 12.8. The lowest BCUT2D eigenvalue weighted by molar-refractivity contribution is -0.126. The Bertz CT molecular complexity index is 862. The maximum Gasteiger partial charge on any atom is 0.228 e. The number of anilines is 2. The molecule has 0 unspecified atom stereocenters. The van der Waals surface area contributed by atoms with Gasteiger partial charge in [0.15, 0.2) is 0 Å². The van der Waals surface area contributed by atoms with Crippen molar-refractivity contribution in [3.8, 4) is 0 Å². The van der Waals surface area contributed by atoms with Crippen LogP contribution in [0.3, 0.4) is 0 Å². The summed E-state index contributed by atoms with van der Waals surface area (Å²) in [6.45, 7) is 6.66. The largest absolute Gasteiger partial charge is 0.369 e. The van der Waals surface area contributed by atoms with E-state index in [0.717, 1.165) is 37.4 Å². The molecular formula is C23H28N4O2. The first-order valence-corrected chi connectivity index (χ1v) is 10.3. The van der Waals surface area contributed by atoms with Gasteiger partial charge < -0.3 is 15.5 Å². The minimum Gasteiger partial charge on any atom is -0.369 e. The summed E-state index contributed by atoms with van der Waals surface area (Å²) < 4.78 is 0. The molecule has 2 amide bonds. The van der Waals surface area contributed by atoms with Crippen LogP contribution in [-0.2, 0) is 9.59 Å². The van der Waals surface area contributed by atoms with Crippen molar-refractivity contribution in [1.82, 2.24) is 10.2 Å². The molecule has 1 saturated heterocycles. The molecule has 2 N–H and O–H groups in total. The van der Waals surface area contributed by atoms with Crippen LogP contribution in [0.1, 0.15) is 24.8 Å². The molecule has 0 aromatic heterocycles. The number of fused-ring (bicyclic) bond motifs is 1. The molecule has 0 bridgehead atoms. The Balaban J connectivity index is 1.30. The molecule has 0 spiro atoms. The normalized spacial score (nSPS) is 20.5. The van der Waals surface area contributed by atoms with E-state index in [1.807, 2.05) is 30.3 Å². The molecule has 1 fully saturated rings. The van der Waals surface area contributed by atoms with Gasteiger partial charge in [0.25, 0.3) is 0 Å². The number of hydrogen-bond acceptors (Lipinski definition) is 4. The Labute approximate surface area is 171 Å². The summed E-state index contributed by atoms with van der Waals surface area (Å²) in [5.74, 6) is -0.585. The molecule has 29 heavy (non-hydrogen) atoms. The summed E-state index contributed by atoms with van der Waals surface area (Å²) in [6.07, 6.45) is 0.201. The lowest BCUT2D eigenvalue weighted by Gasteiger charge is -2.39. The van der Waals surface area contributed by atoms with Crippen LogP contribution in [-0.4, -0.2) is 55.5 Å². The third-order valence-electron chi connectivity index (χ3n) is 5.95. The van der Waals surface area contributed by atoms with Crippen LogP contribution < -0.4 is 15.5 Å². The van der Waals surface area contributed by atoms with E-state index in [0.29, 0.717) is 6.54 Å². The Morgan fingerprint density at radius 1 is 1.07 bits per heavy atom. The molecule has 2 aromatic carbocycles. The Morgan fingerprint density at radius 3 is 2.52 bits per heavy atom. The minimum absolute atomic E-state index is 0.0675. The Morgan fingerprint density at radius 2 is 1.76 bits per heavy atom. The number of rotatable bonds is 5. The first-order valence-electron chi connectivity index (χ1n) is 10.3. The highest BCUT2D eigenvalue weighted by atomic mass is 16.2. The summed E-state index contributed by atoms with van der Waals surface area (Å²) in [7, 11) is 0. The van der Waals surface area contributed by atoms with Gasteiger partial charge in [0.1, 0.15) is 0 Å². The van der Waals surface area contributed by atoms with Gasteiger partial charge in [-0.05, 0) is 30.7 Å². The monoisotopic (exact) mass is 392 g/mol. The van der Waals surface area contributed by atoms with E-state index in [4.69, 9.17) is 0 Å². The van der Waals surface area contributed by atoms with Gasteiger partial charge in [0, 0.05) is 56.6 Å². The van der Waals surface area contributed by atoms with E-state index in [9.17, 15) is 9.59 Å². The number of amides is 2. The van der Waals surface area contributed by atoms with Crippen LogP contribution in [0.25, 0.3) is 0 Å².